The van der Waals surface area contributed by atoms with E-state index in [9.17, 15) is 9.59 Å². The second-order valence-electron chi connectivity index (χ2n) is 6.53. The Hall–Kier alpha value is -2.39. The summed E-state index contributed by atoms with van der Waals surface area (Å²) in [6.45, 7) is 1.77. The number of nitrogens with one attached hydrogen (secondary N) is 1. The second kappa shape index (κ2) is 8.10. The molecule has 1 N–H and O–H groups in total. The number of thioether (sulfide) groups is 1. The first-order valence-electron chi connectivity index (χ1n) is 9.03. The average molecular weight is 387 g/mol. The standard InChI is InChI=1S/C18H21N5O3S/c24-16(23-9-8-15(21-23)13-5-2-1-3-6-13)12-27-18-20-19-17(25)22(18)11-14-7-4-10-26-14/h1-3,5-6,14H,4,7-12H2,(H,19,25)/t14-/m1/s1. The van der Waals surface area contributed by atoms with Gasteiger partial charge in [0.1, 0.15) is 0 Å². The number of hydrogen-bond donors (Lipinski definition) is 1. The molecule has 2 aliphatic rings. The number of carbonyl (C=O) groups excluding carboxylic acids is 1. The highest BCUT2D eigenvalue weighted by Gasteiger charge is 2.23. The molecule has 142 valence electrons. The van der Waals surface area contributed by atoms with Crippen molar-refractivity contribution in [1.82, 2.24) is 19.8 Å². The number of hydrogen-bond acceptors (Lipinski definition) is 6. The van der Waals surface area contributed by atoms with Gasteiger partial charge in [0.15, 0.2) is 5.16 Å². The molecule has 8 nitrogen and oxygen atoms in total. The van der Waals surface area contributed by atoms with Gasteiger partial charge in [-0.05, 0) is 18.4 Å². The number of ether oxygens (including phenoxy) is 1. The summed E-state index contributed by atoms with van der Waals surface area (Å²) in [5, 5.41) is 13.0. The van der Waals surface area contributed by atoms with Crippen LogP contribution in [0.4, 0.5) is 0 Å². The smallest absolute Gasteiger partial charge is 0.344 e. The second-order valence-corrected chi connectivity index (χ2v) is 7.47. The Morgan fingerprint density at radius 1 is 1.33 bits per heavy atom. The summed E-state index contributed by atoms with van der Waals surface area (Å²) in [7, 11) is 0. The minimum Gasteiger partial charge on any atom is -0.376 e. The van der Waals surface area contributed by atoms with Crippen molar-refractivity contribution in [2.75, 3.05) is 18.9 Å². The molecule has 0 bridgehead atoms. The third kappa shape index (κ3) is 4.14. The lowest BCUT2D eigenvalue weighted by molar-refractivity contribution is -0.127. The molecule has 1 atom stereocenters. The fraction of sp³-hybridized carbons (Fsp3) is 0.444. The molecule has 2 aromatic rings. The van der Waals surface area contributed by atoms with E-state index in [1.165, 1.54) is 16.8 Å². The van der Waals surface area contributed by atoms with Crippen molar-refractivity contribution in [3.8, 4) is 0 Å². The predicted molar refractivity (Wildman–Crippen MR) is 102 cm³/mol. The van der Waals surface area contributed by atoms with E-state index in [1.54, 1.807) is 4.57 Å². The van der Waals surface area contributed by atoms with Crippen LogP contribution in [0.1, 0.15) is 24.8 Å². The van der Waals surface area contributed by atoms with Gasteiger partial charge >= 0.3 is 5.69 Å². The Morgan fingerprint density at radius 2 is 2.19 bits per heavy atom. The zero-order valence-electron chi connectivity index (χ0n) is 14.8. The Labute approximate surface area is 160 Å². The quantitative estimate of drug-likeness (QED) is 0.758. The summed E-state index contributed by atoms with van der Waals surface area (Å²) in [5.74, 6) is 0.0894. The van der Waals surface area contributed by atoms with Gasteiger partial charge in [0.05, 0.1) is 30.7 Å². The van der Waals surface area contributed by atoms with Crippen LogP contribution in [0.2, 0.25) is 0 Å². The number of amides is 1. The third-order valence-electron chi connectivity index (χ3n) is 4.65. The van der Waals surface area contributed by atoms with Gasteiger partial charge in [-0.3, -0.25) is 9.36 Å². The summed E-state index contributed by atoms with van der Waals surface area (Å²) >= 11 is 1.25. The van der Waals surface area contributed by atoms with Gasteiger partial charge < -0.3 is 4.74 Å². The topological polar surface area (TPSA) is 92.6 Å². The van der Waals surface area contributed by atoms with Crippen LogP contribution < -0.4 is 5.69 Å². The summed E-state index contributed by atoms with van der Waals surface area (Å²) in [5.41, 5.74) is 1.69. The molecule has 1 amide bonds. The number of hydrazone groups is 1. The number of benzene rings is 1. The van der Waals surface area contributed by atoms with Crippen molar-refractivity contribution >= 4 is 23.4 Å². The molecule has 3 heterocycles. The highest BCUT2D eigenvalue weighted by molar-refractivity contribution is 7.99. The molecule has 1 aromatic heterocycles. The molecule has 0 unspecified atom stereocenters. The number of aromatic amines is 1. The first-order chi connectivity index (χ1) is 13.2. The fourth-order valence-electron chi connectivity index (χ4n) is 3.24. The summed E-state index contributed by atoms with van der Waals surface area (Å²) < 4.78 is 7.15. The maximum Gasteiger partial charge on any atom is 0.344 e. The molecule has 2 aliphatic heterocycles. The largest absolute Gasteiger partial charge is 0.376 e. The normalized spacial score (nSPS) is 19.5. The lowest BCUT2D eigenvalue weighted by atomic mass is 10.1. The van der Waals surface area contributed by atoms with Gasteiger partial charge in [-0.1, -0.05) is 42.1 Å². The van der Waals surface area contributed by atoms with E-state index in [1.807, 2.05) is 30.3 Å². The van der Waals surface area contributed by atoms with E-state index in [0.29, 0.717) is 18.2 Å². The van der Waals surface area contributed by atoms with Crippen LogP contribution in [0.15, 0.2) is 45.4 Å². The molecular formula is C18H21N5O3S. The van der Waals surface area contributed by atoms with E-state index in [-0.39, 0.29) is 23.5 Å². The van der Waals surface area contributed by atoms with Crippen molar-refractivity contribution in [3.63, 3.8) is 0 Å². The van der Waals surface area contributed by atoms with Crippen molar-refractivity contribution < 1.29 is 9.53 Å². The van der Waals surface area contributed by atoms with E-state index < -0.39 is 0 Å². The molecule has 1 aromatic carbocycles. The number of carbonyl (C=O) groups is 1. The summed E-state index contributed by atoms with van der Waals surface area (Å²) in [6.07, 6.45) is 2.72. The van der Waals surface area contributed by atoms with Crippen molar-refractivity contribution in [1.29, 1.82) is 0 Å². The first-order valence-corrected chi connectivity index (χ1v) is 10.0. The van der Waals surface area contributed by atoms with Gasteiger partial charge in [0, 0.05) is 13.0 Å². The van der Waals surface area contributed by atoms with E-state index in [0.717, 1.165) is 37.1 Å². The molecule has 0 aliphatic carbocycles. The molecule has 1 saturated heterocycles. The SMILES string of the molecule is O=C(CSc1n[nH]c(=O)n1C[C@H]1CCCO1)N1CCC(c2ccccc2)=N1. The van der Waals surface area contributed by atoms with Gasteiger partial charge in [-0.15, -0.1) is 5.10 Å². The molecular weight excluding hydrogens is 366 g/mol. The van der Waals surface area contributed by atoms with Gasteiger partial charge in [-0.2, -0.15) is 5.10 Å². The van der Waals surface area contributed by atoms with Crippen LogP contribution in [0.5, 0.6) is 0 Å². The highest BCUT2D eigenvalue weighted by atomic mass is 32.2. The highest BCUT2D eigenvalue weighted by Crippen LogP contribution is 2.20. The molecule has 4 rings (SSSR count). The van der Waals surface area contributed by atoms with Crippen molar-refractivity contribution in [3.05, 3.63) is 46.4 Å². The molecule has 0 spiro atoms. The zero-order valence-corrected chi connectivity index (χ0v) is 15.7. The Kier molecular flexibility index (Phi) is 5.40. The minimum absolute atomic E-state index is 0.0342. The van der Waals surface area contributed by atoms with Gasteiger partial charge in [0.2, 0.25) is 0 Å². The molecule has 9 heteroatoms. The average Bonchev–Trinajstić information content (AvgIpc) is 3.44. The summed E-state index contributed by atoms with van der Waals surface area (Å²) in [4.78, 5) is 24.5. The van der Waals surface area contributed by atoms with Crippen molar-refractivity contribution in [2.24, 2.45) is 5.10 Å². The minimum atomic E-state index is -0.272. The first kappa shape index (κ1) is 18.0. The van der Waals surface area contributed by atoms with Crippen LogP contribution in [-0.4, -0.2) is 56.4 Å². The van der Waals surface area contributed by atoms with E-state index in [4.69, 9.17) is 4.74 Å². The predicted octanol–water partition coefficient (Wildman–Crippen LogP) is 1.48. The molecule has 0 saturated carbocycles. The fourth-order valence-corrected chi connectivity index (χ4v) is 4.06. The Morgan fingerprint density at radius 3 is 2.96 bits per heavy atom. The maximum atomic E-state index is 12.5. The van der Waals surface area contributed by atoms with Crippen LogP contribution in [0.25, 0.3) is 0 Å². The Bertz CT molecular complexity index is 886. The molecule has 27 heavy (non-hydrogen) atoms. The Balaban J connectivity index is 1.37. The van der Waals surface area contributed by atoms with Crippen LogP contribution >= 0.6 is 11.8 Å². The van der Waals surface area contributed by atoms with E-state index in [2.05, 4.69) is 15.3 Å². The lowest BCUT2D eigenvalue weighted by Crippen LogP contribution is -2.27. The number of nitrogens with zero attached hydrogens (tertiary/aromatic N) is 4. The third-order valence-corrected chi connectivity index (χ3v) is 5.62. The van der Waals surface area contributed by atoms with Crippen molar-refractivity contribution in [2.45, 2.75) is 37.1 Å². The van der Waals surface area contributed by atoms with Crippen LogP contribution in [-0.2, 0) is 16.1 Å². The maximum absolute atomic E-state index is 12.5. The van der Waals surface area contributed by atoms with Crippen LogP contribution in [0, 0.1) is 0 Å². The molecule has 1 fully saturated rings. The van der Waals surface area contributed by atoms with E-state index >= 15 is 0 Å². The monoisotopic (exact) mass is 387 g/mol. The number of H-pyrrole nitrogens is 1. The number of aromatic nitrogens is 3. The van der Waals surface area contributed by atoms with Gasteiger partial charge in [-0.25, -0.2) is 14.9 Å². The summed E-state index contributed by atoms with van der Waals surface area (Å²) in [6, 6.07) is 9.87. The number of rotatable bonds is 6. The zero-order chi connectivity index (χ0) is 18.6. The van der Waals surface area contributed by atoms with Crippen LogP contribution in [0.3, 0.4) is 0 Å². The lowest BCUT2D eigenvalue weighted by Gasteiger charge is -2.12. The molecule has 0 radical (unpaired) electrons. The van der Waals surface area contributed by atoms with Gasteiger partial charge in [0.25, 0.3) is 5.91 Å².